The van der Waals surface area contributed by atoms with Crippen LogP contribution < -0.4 is 4.18 Å². The summed E-state index contributed by atoms with van der Waals surface area (Å²) in [7, 11) is -4.04. The molecule has 0 spiro atoms. The molecule has 0 aromatic heterocycles. The Kier molecular flexibility index (Phi) is 4.78. The van der Waals surface area contributed by atoms with E-state index in [2.05, 4.69) is 0 Å². The molecule has 0 saturated carbocycles. The molecule has 0 atom stereocenters. The maximum atomic E-state index is 12.2. The summed E-state index contributed by atoms with van der Waals surface area (Å²) in [5.74, 6) is -0.121. The maximum absolute atomic E-state index is 12.2. The zero-order valence-electron chi connectivity index (χ0n) is 11.0. The van der Waals surface area contributed by atoms with Crippen molar-refractivity contribution < 1.29 is 17.7 Å². The summed E-state index contributed by atoms with van der Waals surface area (Å²) in [6, 6.07) is 8.94. The van der Waals surface area contributed by atoms with Gasteiger partial charge in [0.05, 0.1) is 11.6 Å². The lowest BCUT2D eigenvalue weighted by Crippen LogP contribution is -2.11. The summed E-state index contributed by atoms with van der Waals surface area (Å²) in [4.78, 5) is 0.00278. The van der Waals surface area contributed by atoms with Crippen LogP contribution in [0.2, 0.25) is 10.0 Å². The van der Waals surface area contributed by atoms with Crippen LogP contribution in [0.3, 0.4) is 0 Å². The fourth-order valence-electron chi connectivity index (χ4n) is 1.69. The quantitative estimate of drug-likeness (QED) is 0.859. The molecule has 0 aliphatic carbocycles. The number of halogens is 2. The Balaban J connectivity index is 2.44. The molecule has 0 bridgehead atoms. The highest BCUT2D eigenvalue weighted by Gasteiger charge is 2.21. The number of aliphatic hydroxyl groups is 1. The van der Waals surface area contributed by atoms with Crippen LogP contribution in [0, 0.1) is 6.92 Å². The van der Waals surface area contributed by atoms with Gasteiger partial charge in [0.15, 0.2) is 5.75 Å². The third-order valence-electron chi connectivity index (χ3n) is 2.76. The van der Waals surface area contributed by atoms with Crippen LogP contribution in [0.5, 0.6) is 5.75 Å². The van der Waals surface area contributed by atoms with E-state index in [9.17, 15) is 13.5 Å². The molecule has 4 nitrogen and oxygen atoms in total. The first-order valence-electron chi connectivity index (χ1n) is 5.93. The zero-order valence-corrected chi connectivity index (χ0v) is 13.3. The van der Waals surface area contributed by atoms with Crippen LogP contribution in [0.1, 0.15) is 11.1 Å². The zero-order chi connectivity index (χ0) is 15.6. The van der Waals surface area contributed by atoms with E-state index in [4.69, 9.17) is 27.4 Å². The predicted octanol–water partition coefficient (Wildman–Crippen LogP) is 3.56. The molecule has 2 aromatic carbocycles. The van der Waals surface area contributed by atoms with Crippen molar-refractivity contribution in [2.45, 2.75) is 18.4 Å². The summed E-state index contributed by atoms with van der Waals surface area (Å²) < 4.78 is 29.5. The lowest BCUT2D eigenvalue weighted by molar-refractivity contribution is 0.278. The standard InChI is InChI=1S/C14H12Cl2O4S/c1-9-2-4-12(5-3-9)21(18,19)20-14-10(8-17)6-11(15)7-13(14)16/h2-7,17H,8H2,1H3. The Morgan fingerprint density at radius 1 is 1.14 bits per heavy atom. The average Bonchev–Trinajstić information content (AvgIpc) is 2.42. The lowest BCUT2D eigenvalue weighted by Gasteiger charge is -2.12. The minimum Gasteiger partial charge on any atom is -0.392 e. The Morgan fingerprint density at radius 3 is 2.33 bits per heavy atom. The Bertz CT molecular complexity index is 755. The summed E-state index contributed by atoms with van der Waals surface area (Å²) in [6.07, 6.45) is 0. The van der Waals surface area contributed by atoms with Crippen molar-refractivity contribution in [3.63, 3.8) is 0 Å². The van der Waals surface area contributed by atoms with Crippen LogP contribution in [-0.4, -0.2) is 13.5 Å². The molecule has 21 heavy (non-hydrogen) atoms. The normalized spacial score (nSPS) is 11.4. The molecule has 2 aromatic rings. The van der Waals surface area contributed by atoms with Crippen molar-refractivity contribution in [3.05, 3.63) is 57.6 Å². The van der Waals surface area contributed by atoms with E-state index in [0.29, 0.717) is 0 Å². The highest BCUT2D eigenvalue weighted by atomic mass is 35.5. The van der Waals surface area contributed by atoms with Crippen molar-refractivity contribution in [1.82, 2.24) is 0 Å². The van der Waals surface area contributed by atoms with E-state index in [1.165, 1.54) is 24.3 Å². The van der Waals surface area contributed by atoms with Crippen molar-refractivity contribution in [1.29, 1.82) is 0 Å². The molecular formula is C14H12Cl2O4S. The molecule has 0 aliphatic rings. The summed E-state index contributed by atoms with van der Waals surface area (Å²) in [5, 5.41) is 9.58. The Morgan fingerprint density at radius 2 is 1.76 bits per heavy atom. The first-order chi connectivity index (χ1) is 9.83. The average molecular weight is 347 g/mol. The van der Waals surface area contributed by atoms with Crippen molar-refractivity contribution in [2.24, 2.45) is 0 Å². The first-order valence-corrected chi connectivity index (χ1v) is 8.10. The molecule has 0 fully saturated rings. The van der Waals surface area contributed by atoms with Gasteiger partial charge in [-0.3, -0.25) is 0 Å². The van der Waals surface area contributed by atoms with Gasteiger partial charge >= 0.3 is 10.1 Å². The van der Waals surface area contributed by atoms with Crippen LogP contribution in [-0.2, 0) is 16.7 Å². The number of hydrogen-bond acceptors (Lipinski definition) is 4. The fraction of sp³-hybridized carbons (Fsp3) is 0.143. The summed E-state index contributed by atoms with van der Waals surface area (Å²) >= 11 is 11.8. The number of rotatable bonds is 4. The summed E-state index contributed by atoms with van der Waals surface area (Å²) in [5.41, 5.74) is 1.12. The van der Waals surface area contributed by atoms with Gasteiger partial charge in [0.1, 0.15) is 4.90 Å². The molecular weight excluding hydrogens is 335 g/mol. The minimum absolute atomic E-state index is 0.00278. The van der Waals surface area contributed by atoms with Gasteiger partial charge in [-0.05, 0) is 31.2 Å². The maximum Gasteiger partial charge on any atom is 0.339 e. The monoisotopic (exact) mass is 346 g/mol. The van der Waals surface area contributed by atoms with Crippen LogP contribution in [0.4, 0.5) is 0 Å². The molecule has 0 radical (unpaired) electrons. The molecule has 2 rings (SSSR count). The SMILES string of the molecule is Cc1ccc(S(=O)(=O)Oc2c(Cl)cc(Cl)cc2CO)cc1. The molecule has 0 aliphatic heterocycles. The van der Waals surface area contributed by atoms with E-state index >= 15 is 0 Å². The smallest absolute Gasteiger partial charge is 0.339 e. The van der Waals surface area contributed by atoms with Gasteiger partial charge in [-0.25, -0.2) is 0 Å². The molecule has 0 amide bonds. The van der Waals surface area contributed by atoms with E-state index in [1.807, 2.05) is 6.92 Å². The van der Waals surface area contributed by atoms with Gasteiger partial charge in [-0.15, -0.1) is 0 Å². The molecule has 0 saturated heterocycles. The summed E-state index contributed by atoms with van der Waals surface area (Å²) in [6.45, 7) is 1.40. The Labute approximate surface area is 133 Å². The third kappa shape index (κ3) is 3.68. The second-order valence-electron chi connectivity index (χ2n) is 4.38. The third-order valence-corrected chi connectivity index (χ3v) is 4.49. The lowest BCUT2D eigenvalue weighted by atomic mass is 10.2. The van der Waals surface area contributed by atoms with E-state index in [0.717, 1.165) is 5.56 Å². The van der Waals surface area contributed by atoms with Crippen molar-refractivity contribution in [2.75, 3.05) is 0 Å². The predicted molar refractivity (Wildman–Crippen MR) is 81.4 cm³/mol. The van der Waals surface area contributed by atoms with Crippen molar-refractivity contribution >= 4 is 33.3 Å². The van der Waals surface area contributed by atoms with E-state index in [-0.39, 0.29) is 26.3 Å². The largest absolute Gasteiger partial charge is 0.392 e. The van der Waals surface area contributed by atoms with Crippen LogP contribution >= 0.6 is 23.2 Å². The van der Waals surface area contributed by atoms with Gasteiger partial charge < -0.3 is 9.29 Å². The van der Waals surface area contributed by atoms with Gasteiger partial charge in [0.2, 0.25) is 0 Å². The van der Waals surface area contributed by atoms with E-state index < -0.39 is 16.7 Å². The number of benzene rings is 2. The van der Waals surface area contributed by atoms with Gasteiger partial charge in [-0.1, -0.05) is 40.9 Å². The van der Waals surface area contributed by atoms with E-state index in [1.54, 1.807) is 12.1 Å². The molecule has 0 heterocycles. The number of aryl methyl sites for hydroxylation is 1. The molecule has 1 N–H and O–H groups in total. The fourth-order valence-corrected chi connectivity index (χ4v) is 3.29. The highest BCUT2D eigenvalue weighted by molar-refractivity contribution is 7.87. The number of hydrogen-bond donors (Lipinski definition) is 1. The molecule has 7 heteroatoms. The van der Waals surface area contributed by atoms with Crippen LogP contribution in [0.15, 0.2) is 41.3 Å². The molecule has 112 valence electrons. The second kappa shape index (κ2) is 6.23. The van der Waals surface area contributed by atoms with Crippen molar-refractivity contribution in [3.8, 4) is 5.75 Å². The number of aliphatic hydroxyl groups excluding tert-OH is 1. The highest BCUT2D eigenvalue weighted by Crippen LogP contribution is 2.34. The first kappa shape index (κ1) is 16.1. The van der Waals surface area contributed by atoms with Gasteiger partial charge in [0, 0.05) is 10.6 Å². The van der Waals surface area contributed by atoms with Gasteiger partial charge in [0.25, 0.3) is 0 Å². The Hall–Kier alpha value is -1.27. The molecule has 0 unspecified atom stereocenters. The minimum atomic E-state index is -4.04. The van der Waals surface area contributed by atoms with Gasteiger partial charge in [-0.2, -0.15) is 8.42 Å². The second-order valence-corrected chi connectivity index (χ2v) is 6.77. The van der Waals surface area contributed by atoms with Crippen LogP contribution in [0.25, 0.3) is 0 Å². The topological polar surface area (TPSA) is 63.6 Å².